The molecule has 0 saturated carbocycles. The van der Waals surface area contributed by atoms with E-state index in [9.17, 15) is 4.79 Å². The lowest BCUT2D eigenvalue weighted by atomic mass is 10.1. The van der Waals surface area contributed by atoms with Crippen LogP contribution < -0.4 is 4.74 Å². The van der Waals surface area contributed by atoms with Gasteiger partial charge in [0.1, 0.15) is 11.6 Å². The van der Waals surface area contributed by atoms with Gasteiger partial charge in [0.05, 0.1) is 12.9 Å². The van der Waals surface area contributed by atoms with Crippen LogP contribution in [0, 0.1) is 20.8 Å². The van der Waals surface area contributed by atoms with Crippen molar-refractivity contribution in [2.75, 3.05) is 12.9 Å². The number of carbonyl (C=O) groups excluding carboxylic acids is 1. The Hall–Kier alpha value is -2.54. The van der Waals surface area contributed by atoms with Crippen molar-refractivity contribution in [3.63, 3.8) is 0 Å². The van der Waals surface area contributed by atoms with Crippen molar-refractivity contribution in [2.24, 2.45) is 7.05 Å². The SMILES string of the molecule is COc1ccc(CCn2c(C)cc(C(=O)CSc3nnc(C)n3C)c2C)cc1. The van der Waals surface area contributed by atoms with Crippen molar-refractivity contribution >= 4 is 17.5 Å². The summed E-state index contributed by atoms with van der Waals surface area (Å²) in [5, 5.41) is 8.91. The van der Waals surface area contributed by atoms with Gasteiger partial charge in [0.25, 0.3) is 0 Å². The molecule has 6 nitrogen and oxygen atoms in total. The summed E-state index contributed by atoms with van der Waals surface area (Å²) >= 11 is 1.43. The number of carbonyl (C=O) groups is 1. The van der Waals surface area contributed by atoms with Gasteiger partial charge in [-0.05, 0) is 51.0 Å². The summed E-state index contributed by atoms with van der Waals surface area (Å²) in [6.07, 6.45) is 0.904. The number of hydrogen-bond acceptors (Lipinski definition) is 5. The lowest BCUT2D eigenvalue weighted by molar-refractivity contribution is 0.102. The number of nitrogens with zero attached hydrogens (tertiary/aromatic N) is 4. The van der Waals surface area contributed by atoms with E-state index in [1.807, 2.05) is 43.7 Å². The van der Waals surface area contributed by atoms with Gasteiger partial charge in [0.2, 0.25) is 0 Å². The summed E-state index contributed by atoms with van der Waals surface area (Å²) < 4.78 is 9.32. The summed E-state index contributed by atoms with van der Waals surface area (Å²) in [6, 6.07) is 10.1. The highest BCUT2D eigenvalue weighted by Gasteiger charge is 2.17. The number of hydrogen-bond donors (Lipinski definition) is 0. The Morgan fingerprint density at radius 2 is 1.86 bits per heavy atom. The number of Topliss-reactive ketones (excluding diaryl/α,β-unsaturated/α-hetero) is 1. The minimum absolute atomic E-state index is 0.120. The van der Waals surface area contributed by atoms with Crippen LogP contribution in [-0.2, 0) is 20.0 Å². The lowest BCUT2D eigenvalue weighted by Gasteiger charge is -2.10. The fourth-order valence-corrected chi connectivity index (χ4v) is 4.02. The maximum absolute atomic E-state index is 12.8. The predicted octanol–water partition coefficient (Wildman–Crippen LogP) is 3.77. The Bertz CT molecular complexity index is 973. The third kappa shape index (κ3) is 4.30. The van der Waals surface area contributed by atoms with Gasteiger partial charge in [-0.1, -0.05) is 23.9 Å². The summed E-state index contributed by atoms with van der Waals surface area (Å²) in [6.45, 7) is 6.81. The maximum Gasteiger partial charge on any atom is 0.191 e. The standard InChI is InChI=1S/C21H26N4O2S/c1-14-12-19(20(26)13-28-21-23-22-16(3)24(21)4)15(2)25(14)11-10-17-6-8-18(27-5)9-7-17/h6-9,12H,10-11,13H2,1-5H3. The second kappa shape index (κ2) is 8.65. The second-order valence-electron chi connectivity index (χ2n) is 6.84. The van der Waals surface area contributed by atoms with Crippen LogP contribution in [0.25, 0.3) is 0 Å². The van der Waals surface area contributed by atoms with Crippen molar-refractivity contribution in [3.8, 4) is 5.75 Å². The van der Waals surface area contributed by atoms with Crippen molar-refractivity contribution in [2.45, 2.75) is 38.9 Å². The molecule has 0 unspecified atom stereocenters. The molecule has 0 bridgehead atoms. The fourth-order valence-electron chi connectivity index (χ4n) is 3.18. The zero-order valence-corrected chi connectivity index (χ0v) is 17.8. The monoisotopic (exact) mass is 398 g/mol. The Morgan fingerprint density at radius 3 is 2.46 bits per heavy atom. The highest BCUT2D eigenvalue weighted by Crippen LogP contribution is 2.22. The number of aromatic nitrogens is 4. The third-order valence-corrected chi connectivity index (χ3v) is 6.06. The van der Waals surface area contributed by atoms with Crippen molar-refractivity contribution in [1.29, 1.82) is 0 Å². The van der Waals surface area contributed by atoms with Crippen LogP contribution in [0.3, 0.4) is 0 Å². The van der Waals surface area contributed by atoms with Crippen LogP contribution in [0.15, 0.2) is 35.5 Å². The predicted molar refractivity (Wildman–Crippen MR) is 111 cm³/mol. The molecule has 0 spiro atoms. The molecule has 0 saturated heterocycles. The van der Waals surface area contributed by atoms with E-state index in [1.54, 1.807) is 7.11 Å². The van der Waals surface area contributed by atoms with Gasteiger partial charge in [-0.3, -0.25) is 4.79 Å². The van der Waals surface area contributed by atoms with E-state index >= 15 is 0 Å². The van der Waals surface area contributed by atoms with Crippen molar-refractivity contribution in [3.05, 3.63) is 58.7 Å². The molecular formula is C21H26N4O2S. The maximum atomic E-state index is 12.8. The normalized spacial score (nSPS) is 11.0. The molecule has 0 N–H and O–H groups in total. The van der Waals surface area contributed by atoms with Gasteiger partial charge >= 0.3 is 0 Å². The molecule has 148 valence electrons. The average Bonchev–Trinajstić information content (AvgIpc) is 3.17. The largest absolute Gasteiger partial charge is 0.497 e. The molecule has 1 aromatic carbocycles. The van der Waals surface area contributed by atoms with Crippen LogP contribution in [-0.4, -0.2) is 38.0 Å². The number of thioether (sulfide) groups is 1. The van der Waals surface area contributed by atoms with E-state index in [0.717, 1.165) is 46.6 Å². The molecule has 7 heteroatoms. The van der Waals surface area contributed by atoms with Gasteiger partial charge < -0.3 is 13.9 Å². The fraction of sp³-hybridized carbons (Fsp3) is 0.381. The molecule has 0 aliphatic rings. The first-order chi connectivity index (χ1) is 13.4. The van der Waals surface area contributed by atoms with Gasteiger partial charge in [0.15, 0.2) is 10.9 Å². The quantitative estimate of drug-likeness (QED) is 0.427. The van der Waals surface area contributed by atoms with E-state index in [-0.39, 0.29) is 5.78 Å². The van der Waals surface area contributed by atoms with E-state index in [1.165, 1.54) is 17.3 Å². The van der Waals surface area contributed by atoms with Gasteiger partial charge in [-0.2, -0.15) is 0 Å². The Balaban J connectivity index is 1.66. The molecular weight excluding hydrogens is 372 g/mol. The van der Waals surface area contributed by atoms with Crippen LogP contribution >= 0.6 is 11.8 Å². The second-order valence-corrected chi connectivity index (χ2v) is 7.78. The van der Waals surface area contributed by atoms with Crippen LogP contribution in [0.2, 0.25) is 0 Å². The van der Waals surface area contributed by atoms with Crippen LogP contribution in [0.4, 0.5) is 0 Å². The molecule has 0 aliphatic carbocycles. The van der Waals surface area contributed by atoms with E-state index < -0.39 is 0 Å². The summed E-state index contributed by atoms with van der Waals surface area (Å²) in [5.74, 6) is 2.18. The summed E-state index contributed by atoms with van der Waals surface area (Å²) in [7, 11) is 3.58. The van der Waals surface area contributed by atoms with Gasteiger partial charge in [-0.15, -0.1) is 10.2 Å². The Morgan fingerprint density at radius 1 is 1.14 bits per heavy atom. The lowest BCUT2D eigenvalue weighted by Crippen LogP contribution is -2.08. The average molecular weight is 399 g/mol. The highest BCUT2D eigenvalue weighted by atomic mass is 32.2. The van der Waals surface area contributed by atoms with Gasteiger partial charge in [-0.25, -0.2) is 0 Å². The minimum Gasteiger partial charge on any atom is -0.497 e. The molecule has 0 atom stereocenters. The zero-order chi connectivity index (χ0) is 20.3. The topological polar surface area (TPSA) is 61.9 Å². The molecule has 3 rings (SSSR count). The molecule has 0 aliphatic heterocycles. The summed E-state index contributed by atoms with van der Waals surface area (Å²) in [4.78, 5) is 12.8. The Kier molecular flexibility index (Phi) is 6.24. The molecule has 0 radical (unpaired) electrons. The summed E-state index contributed by atoms with van der Waals surface area (Å²) in [5.41, 5.74) is 4.16. The smallest absolute Gasteiger partial charge is 0.191 e. The molecule has 2 aromatic heterocycles. The first-order valence-corrected chi connectivity index (χ1v) is 10.2. The molecule has 2 heterocycles. The number of aryl methyl sites for hydroxylation is 3. The van der Waals surface area contributed by atoms with E-state index in [0.29, 0.717) is 5.75 Å². The van der Waals surface area contributed by atoms with E-state index in [4.69, 9.17) is 4.74 Å². The molecule has 0 fully saturated rings. The first kappa shape index (κ1) is 20.2. The number of rotatable bonds is 8. The molecule has 28 heavy (non-hydrogen) atoms. The molecule has 3 aromatic rings. The minimum atomic E-state index is 0.120. The zero-order valence-electron chi connectivity index (χ0n) is 17.0. The number of ketones is 1. The number of benzene rings is 1. The number of ether oxygens (including phenoxy) is 1. The first-order valence-electron chi connectivity index (χ1n) is 9.22. The van der Waals surface area contributed by atoms with Crippen molar-refractivity contribution in [1.82, 2.24) is 19.3 Å². The highest BCUT2D eigenvalue weighted by molar-refractivity contribution is 7.99. The van der Waals surface area contributed by atoms with Crippen LogP contribution in [0.1, 0.15) is 33.1 Å². The Labute approximate surface area is 169 Å². The van der Waals surface area contributed by atoms with Gasteiger partial charge in [0, 0.05) is 30.5 Å². The number of methoxy groups -OCH3 is 1. The van der Waals surface area contributed by atoms with Crippen LogP contribution in [0.5, 0.6) is 5.75 Å². The molecule has 0 amide bonds. The third-order valence-electron chi connectivity index (χ3n) is 5.04. The van der Waals surface area contributed by atoms with Crippen molar-refractivity contribution < 1.29 is 9.53 Å². The van der Waals surface area contributed by atoms with E-state index in [2.05, 4.69) is 33.8 Å².